The van der Waals surface area contributed by atoms with Crippen molar-refractivity contribution in [2.75, 3.05) is 0 Å². The molecular weight excluding hydrogens is 288 g/mol. The SMILES string of the molecule is CCCCCc1nc(CC)c2c(=O)[nH]c(-c3ccccc3)nn12. The zero-order valence-electron chi connectivity index (χ0n) is 13.7. The Morgan fingerprint density at radius 1 is 1.13 bits per heavy atom. The highest BCUT2D eigenvalue weighted by Crippen LogP contribution is 2.16. The van der Waals surface area contributed by atoms with Crippen molar-refractivity contribution < 1.29 is 0 Å². The minimum atomic E-state index is -0.120. The van der Waals surface area contributed by atoms with E-state index in [9.17, 15) is 4.79 Å². The quantitative estimate of drug-likeness (QED) is 0.710. The Morgan fingerprint density at radius 3 is 2.61 bits per heavy atom. The summed E-state index contributed by atoms with van der Waals surface area (Å²) in [6, 6.07) is 9.71. The van der Waals surface area contributed by atoms with Crippen LogP contribution in [-0.4, -0.2) is 19.6 Å². The lowest BCUT2D eigenvalue weighted by Crippen LogP contribution is -2.15. The van der Waals surface area contributed by atoms with Gasteiger partial charge in [0.05, 0.1) is 5.69 Å². The molecule has 0 fully saturated rings. The average Bonchev–Trinajstić information content (AvgIpc) is 2.94. The average molecular weight is 310 g/mol. The number of H-pyrrole nitrogens is 1. The first-order chi connectivity index (χ1) is 11.2. The van der Waals surface area contributed by atoms with Crippen LogP contribution in [0.2, 0.25) is 0 Å². The molecule has 0 saturated carbocycles. The second-order valence-electron chi connectivity index (χ2n) is 5.71. The summed E-state index contributed by atoms with van der Waals surface area (Å²) in [5, 5.41) is 4.65. The van der Waals surface area contributed by atoms with Gasteiger partial charge in [-0.05, 0) is 12.8 Å². The summed E-state index contributed by atoms with van der Waals surface area (Å²) in [7, 11) is 0. The van der Waals surface area contributed by atoms with Crippen molar-refractivity contribution in [1.82, 2.24) is 19.6 Å². The van der Waals surface area contributed by atoms with Crippen molar-refractivity contribution in [2.24, 2.45) is 0 Å². The molecule has 1 aromatic carbocycles. The Labute approximate surface area is 135 Å². The van der Waals surface area contributed by atoms with Gasteiger partial charge in [-0.25, -0.2) is 9.50 Å². The number of fused-ring (bicyclic) bond motifs is 1. The van der Waals surface area contributed by atoms with E-state index in [1.807, 2.05) is 37.3 Å². The van der Waals surface area contributed by atoms with Gasteiger partial charge in [-0.1, -0.05) is 57.0 Å². The number of rotatable bonds is 6. The molecule has 0 spiro atoms. The van der Waals surface area contributed by atoms with E-state index in [1.54, 1.807) is 4.52 Å². The van der Waals surface area contributed by atoms with Gasteiger partial charge in [-0.2, -0.15) is 0 Å². The van der Waals surface area contributed by atoms with Crippen molar-refractivity contribution in [3.63, 3.8) is 0 Å². The van der Waals surface area contributed by atoms with Crippen LogP contribution in [0.15, 0.2) is 35.1 Å². The largest absolute Gasteiger partial charge is 0.303 e. The molecule has 120 valence electrons. The Hall–Kier alpha value is -2.43. The lowest BCUT2D eigenvalue weighted by molar-refractivity contribution is 0.676. The van der Waals surface area contributed by atoms with E-state index in [4.69, 9.17) is 0 Å². The van der Waals surface area contributed by atoms with Crippen LogP contribution in [0.4, 0.5) is 0 Å². The molecular formula is C18H22N4O. The van der Waals surface area contributed by atoms with Crippen molar-refractivity contribution >= 4 is 5.52 Å². The molecule has 0 bridgehead atoms. The number of aromatic nitrogens is 4. The fourth-order valence-corrected chi connectivity index (χ4v) is 2.80. The number of hydrogen-bond acceptors (Lipinski definition) is 3. The van der Waals surface area contributed by atoms with E-state index in [-0.39, 0.29) is 5.56 Å². The van der Waals surface area contributed by atoms with Gasteiger partial charge in [-0.15, -0.1) is 5.10 Å². The highest BCUT2D eigenvalue weighted by molar-refractivity contribution is 5.57. The summed E-state index contributed by atoms with van der Waals surface area (Å²) in [5.74, 6) is 1.47. The maximum absolute atomic E-state index is 12.5. The van der Waals surface area contributed by atoms with Crippen LogP contribution in [0.3, 0.4) is 0 Å². The zero-order valence-corrected chi connectivity index (χ0v) is 13.7. The zero-order chi connectivity index (χ0) is 16.2. The third-order valence-electron chi connectivity index (χ3n) is 4.03. The van der Waals surface area contributed by atoms with Gasteiger partial charge in [-0.3, -0.25) is 4.79 Å². The normalized spacial score (nSPS) is 11.2. The number of imidazole rings is 1. The third kappa shape index (κ3) is 3.04. The summed E-state index contributed by atoms with van der Waals surface area (Å²) in [4.78, 5) is 20.1. The molecule has 5 nitrogen and oxygen atoms in total. The molecule has 2 aromatic heterocycles. The topological polar surface area (TPSA) is 63.0 Å². The number of aromatic amines is 1. The minimum absolute atomic E-state index is 0.120. The Balaban J connectivity index is 2.13. The number of hydrogen-bond donors (Lipinski definition) is 1. The molecule has 23 heavy (non-hydrogen) atoms. The van der Waals surface area contributed by atoms with Crippen LogP contribution in [0.5, 0.6) is 0 Å². The van der Waals surface area contributed by atoms with Crippen LogP contribution in [0.1, 0.15) is 44.6 Å². The Kier molecular flexibility index (Phi) is 4.55. The molecule has 3 aromatic rings. The molecule has 5 heteroatoms. The van der Waals surface area contributed by atoms with E-state index in [2.05, 4.69) is 22.0 Å². The lowest BCUT2D eigenvalue weighted by atomic mass is 10.2. The van der Waals surface area contributed by atoms with Gasteiger partial charge in [0, 0.05) is 12.0 Å². The molecule has 0 saturated heterocycles. The van der Waals surface area contributed by atoms with E-state index in [1.165, 1.54) is 0 Å². The smallest absolute Gasteiger partial charge is 0.277 e. The summed E-state index contributed by atoms with van der Waals surface area (Å²) in [6.45, 7) is 4.19. The van der Waals surface area contributed by atoms with E-state index in [0.29, 0.717) is 11.3 Å². The first-order valence-electron chi connectivity index (χ1n) is 8.30. The summed E-state index contributed by atoms with van der Waals surface area (Å²) in [6.07, 6.45) is 4.96. The number of benzene rings is 1. The molecule has 3 rings (SSSR count). The van der Waals surface area contributed by atoms with E-state index >= 15 is 0 Å². The van der Waals surface area contributed by atoms with Gasteiger partial charge < -0.3 is 4.98 Å². The van der Waals surface area contributed by atoms with E-state index in [0.717, 1.165) is 49.2 Å². The standard InChI is InChI=1S/C18H22N4O/c1-3-5-7-12-15-19-14(4-2)16-18(23)20-17(21-22(15)16)13-10-8-6-9-11-13/h6,8-11H,3-5,7,12H2,1-2H3,(H,20,21,23). The third-order valence-corrected chi connectivity index (χ3v) is 4.03. The van der Waals surface area contributed by atoms with Crippen molar-refractivity contribution in [3.05, 3.63) is 52.2 Å². The fourth-order valence-electron chi connectivity index (χ4n) is 2.80. The lowest BCUT2D eigenvalue weighted by Gasteiger charge is -2.04. The second-order valence-corrected chi connectivity index (χ2v) is 5.71. The number of nitrogens with zero attached hydrogens (tertiary/aromatic N) is 3. The second kappa shape index (κ2) is 6.77. The fraction of sp³-hybridized carbons (Fsp3) is 0.389. The molecule has 0 aliphatic rings. The van der Waals surface area contributed by atoms with Crippen LogP contribution < -0.4 is 5.56 Å². The van der Waals surface area contributed by atoms with Gasteiger partial charge in [0.2, 0.25) is 0 Å². The Morgan fingerprint density at radius 2 is 1.91 bits per heavy atom. The van der Waals surface area contributed by atoms with Gasteiger partial charge >= 0.3 is 0 Å². The van der Waals surface area contributed by atoms with Gasteiger partial charge in [0.15, 0.2) is 11.3 Å². The number of unbranched alkanes of at least 4 members (excludes halogenated alkanes) is 2. The van der Waals surface area contributed by atoms with Gasteiger partial charge in [0.1, 0.15) is 5.82 Å². The highest BCUT2D eigenvalue weighted by atomic mass is 16.1. The molecule has 0 aliphatic carbocycles. The molecule has 0 amide bonds. The Bertz CT molecular complexity index is 849. The van der Waals surface area contributed by atoms with E-state index < -0.39 is 0 Å². The molecule has 0 aliphatic heterocycles. The van der Waals surface area contributed by atoms with Crippen LogP contribution in [-0.2, 0) is 12.8 Å². The number of nitrogens with one attached hydrogen (secondary N) is 1. The maximum Gasteiger partial charge on any atom is 0.277 e. The summed E-state index contributed by atoms with van der Waals surface area (Å²) < 4.78 is 1.75. The molecule has 0 unspecified atom stereocenters. The predicted octanol–water partition coefficient (Wildman–Crippen LogP) is 3.38. The van der Waals surface area contributed by atoms with Crippen molar-refractivity contribution in [1.29, 1.82) is 0 Å². The molecule has 0 atom stereocenters. The van der Waals surface area contributed by atoms with Crippen molar-refractivity contribution in [3.8, 4) is 11.4 Å². The molecule has 1 N–H and O–H groups in total. The predicted molar refractivity (Wildman–Crippen MR) is 91.7 cm³/mol. The number of aryl methyl sites for hydroxylation is 2. The monoisotopic (exact) mass is 310 g/mol. The van der Waals surface area contributed by atoms with Crippen LogP contribution in [0.25, 0.3) is 16.9 Å². The van der Waals surface area contributed by atoms with Crippen molar-refractivity contribution in [2.45, 2.75) is 46.0 Å². The van der Waals surface area contributed by atoms with Crippen LogP contribution in [0, 0.1) is 0 Å². The molecule has 0 radical (unpaired) electrons. The molecule has 2 heterocycles. The van der Waals surface area contributed by atoms with Crippen LogP contribution >= 0.6 is 0 Å². The minimum Gasteiger partial charge on any atom is -0.303 e. The first-order valence-corrected chi connectivity index (χ1v) is 8.30. The summed E-state index contributed by atoms with van der Waals surface area (Å²) >= 11 is 0. The highest BCUT2D eigenvalue weighted by Gasteiger charge is 2.15. The maximum atomic E-state index is 12.5. The summed E-state index contributed by atoms with van der Waals surface area (Å²) in [5.41, 5.74) is 2.19. The first kappa shape index (κ1) is 15.5. The van der Waals surface area contributed by atoms with Gasteiger partial charge in [0.25, 0.3) is 5.56 Å².